The van der Waals surface area contributed by atoms with Crippen LogP contribution in [0.15, 0.2) is 68.4 Å². The number of ether oxygens (including phenoxy) is 2. The number of carboxylic acid groups (broad SMARTS) is 1. The van der Waals surface area contributed by atoms with Gasteiger partial charge in [-0.25, -0.2) is 0 Å². The monoisotopic (exact) mass is 447 g/mol. The van der Waals surface area contributed by atoms with Crippen LogP contribution in [0.25, 0.3) is 11.0 Å². The number of carbonyl (C=O) groups excluding carboxylic acids is 1. The van der Waals surface area contributed by atoms with Crippen LogP contribution >= 0.6 is 0 Å². The Bertz CT molecular complexity index is 1390. The zero-order chi connectivity index (χ0) is 23.8. The zero-order valence-corrected chi connectivity index (χ0v) is 18.8. The third kappa shape index (κ3) is 4.62. The van der Waals surface area contributed by atoms with Crippen molar-refractivity contribution < 1.29 is 28.2 Å². The molecule has 7 heteroatoms. The molecule has 4 aromatic rings. The maximum Gasteiger partial charge on any atom is 0.235 e. The highest BCUT2D eigenvalue weighted by molar-refractivity contribution is 5.82. The van der Waals surface area contributed by atoms with Crippen LogP contribution in [0.2, 0.25) is 0 Å². The van der Waals surface area contributed by atoms with Gasteiger partial charge in [0.15, 0.2) is 0 Å². The Balaban J connectivity index is 1.59. The largest absolute Gasteiger partial charge is 0.542 e. The first-order valence-electron chi connectivity index (χ1n) is 10.4. The van der Waals surface area contributed by atoms with Crippen LogP contribution < -0.4 is 20.0 Å². The molecule has 0 aliphatic heterocycles. The molecule has 0 aliphatic rings. The second kappa shape index (κ2) is 8.50. The molecule has 0 spiro atoms. The van der Waals surface area contributed by atoms with Gasteiger partial charge in [0.25, 0.3) is 0 Å². The topological polar surface area (TPSA) is 102 Å². The third-order valence-electron chi connectivity index (χ3n) is 5.19. The molecule has 170 valence electrons. The minimum absolute atomic E-state index is 0.00702. The average Bonchev–Trinajstić information content (AvgIpc) is 3.24. The second-order valence-electron chi connectivity index (χ2n) is 8.73. The normalized spacial score (nSPS) is 11.5. The number of hydrogen-bond donors (Lipinski definition) is 0. The van der Waals surface area contributed by atoms with Crippen LogP contribution in [0.5, 0.6) is 17.2 Å². The van der Waals surface area contributed by atoms with Gasteiger partial charge in [-0.2, -0.15) is 0 Å². The Labute approximate surface area is 190 Å². The summed E-state index contributed by atoms with van der Waals surface area (Å²) in [5.74, 6) is -0.166. The Morgan fingerprint density at radius 1 is 1.09 bits per heavy atom. The standard InChI is InChI=1S/C26H24O7/c1-15-6-5-7-19(26(2,3)4)24(15)33-22-14-31-21-12-16(8-10-18(21)23(22)27)30-13-17-9-11-20(32-17)25(28)29/h5-12,14H,13H2,1-4H3,(H,28,29)/p-1. The lowest BCUT2D eigenvalue weighted by Crippen LogP contribution is -2.21. The van der Waals surface area contributed by atoms with Gasteiger partial charge in [-0.3, -0.25) is 4.79 Å². The Morgan fingerprint density at radius 3 is 2.58 bits per heavy atom. The fraction of sp³-hybridized carbons (Fsp3) is 0.231. The molecule has 4 rings (SSSR count). The summed E-state index contributed by atoms with van der Waals surface area (Å²) in [5, 5.41) is 11.1. The number of furan rings is 1. The van der Waals surface area contributed by atoms with Crippen molar-refractivity contribution >= 4 is 16.9 Å². The van der Waals surface area contributed by atoms with E-state index in [2.05, 4.69) is 20.8 Å². The van der Waals surface area contributed by atoms with E-state index < -0.39 is 5.97 Å². The van der Waals surface area contributed by atoms with Crippen molar-refractivity contribution in [2.45, 2.75) is 39.7 Å². The minimum Gasteiger partial charge on any atom is -0.542 e. The molecule has 2 aromatic carbocycles. The van der Waals surface area contributed by atoms with Gasteiger partial charge in [0, 0.05) is 11.6 Å². The Kier molecular flexibility index (Phi) is 5.72. The van der Waals surface area contributed by atoms with Gasteiger partial charge >= 0.3 is 0 Å². The van der Waals surface area contributed by atoms with Crippen LogP contribution in [0.4, 0.5) is 0 Å². The van der Waals surface area contributed by atoms with E-state index in [1.807, 2.05) is 25.1 Å². The molecule has 0 fully saturated rings. The van der Waals surface area contributed by atoms with E-state index in [1.54, 1.807) is 18.2 Å². The van der Waals surface area contributed by atoms with Crippen LogP contribution in [0, 0.1) is 6.92 Å². The second-order valence-corrected chi connectivity index (χ2v) is 8.73. The molecule has 0 saturated heterocycles. The maximum atomic E-state index is 13.1. The van der Waals surface area contributed by atoms with E-state index in [1.165, 1.54) is 18.4 Å². The maximum absolute atomic E-state index is 13.1. The molecule has 33 heavy (non-hydrogen) atoms. The van der Waals surface area contributed by atoms with Crippen molar-refractivity contribution in [2.75, 3.05) is 0 Å². The van der Waals surface area contributed by atoms with Crippen molar-refractivity contribution in [3.05, 3.63) is 87.7 Å². The number of rotatable bonds is 6. The lowest BCUT2D eigenvalue weighted by atomic mass is 9.85. The van der Waals surface area contributed by atoms with E-state index in [0.717, 1.165) is 11.1 Å². The molecule has 0 radical (unpaired) electrons. The average molecular weight is 447 g/mol. The first-order valence-corrected chi connectivity index (χ1v) is 10.4. The van der Waals surface area contributed by atoms with Crippen molar-refractivity contribution in [1.29, 1.82) is 0 Å². The molecule has 0 unspecified atom stereocenters. The van der Waals surface area contributed by atoms with Gasteiger partial charge in [0.05, 0.1) is 5.39 Å². The highest BCUT2D eigenvalue weighted by Gasteiger charge is 2.22. The fourth-order valence-electron chi connectivity index (χ4n) is 3.46. The first-order chi connectivity index (χ1) is 15.6. The molecule has 2 aromatic heterocycles. The number of para-hydroxylation sites is 1. The van der Waals surface area contributed by atoms with Crippen molar-refractivity contribution in [2.24, 2.45) is 0 Å². The van der Waals surface area contributed by atoms with Crippen molar-refractivity contribution in [3.8, 4) is 17.2 Å². The van der Waals surface area contributed by atoms with Gasteiger partial charge in [0.2, 0.25) is 11.2 Å². The number of carbonyl (C=O) groups is 1. The van der Waals surface area contributed by atoms with E-state index in [9.17, 15) is 14.7 Å². The summed E-state index contributed by atoms with van der Waals surface area (Å²) in [4.78, 5) is 23.9. The van der Waals surface area contributed by atoms with Gasteiger partial charge in [-0.1, -0.05) is 39.0 Å². The number of benzene rings is 2. The Morgan fingerprint density at radius 2 is 1.88 bits per heavy atom. The van der Waals surface area contributed by atoms with Gasteiger partial charge < -0.3 is 28.2 Å². The summed E-state index contributed by atoms with van der Waals surface area (Å²) in [6.07, 6.45) is 1.30. The van der Waals surface area contributed by atoms with Gasteiger partial charge in [0.1, 0.15) is 47.4 Å². The molecule has 7 nitrogen and oxygen atoms in total. The number of aryl methyl sites for hydroxylation is 1. The summed E-state index contributed by atoms with van der Waals surface area (Å²) in [6, 6.07) is 13.5. The summed E-state index contributed by atoms with van der Waals surface area (Å²) >= 11 is 0. The predicted molar refractivity (Wildman–Crippen MR) is 120 cm³/mol. The fourth-order valence-corrected chi connectivity index (χ4v) is 3.46. The lowest BCUT2D eigenvalue weighted by molar-refractivity contribution is -0.257. The molecule has 0 bridgehead atoms. The summed E-state index contributed by atoms with van der Waals surface area (Å²) < 4.78 is 22.5. The highest BCUT2D eigenvalue weighted by atomic mass is 16.5. The quantitative estimate of drug-likeness (QED) is 0.421. The molecule has 0 atom stereocenters. The minimum atomic E-state index is -1.40. The smallest absolute Gasteiger partial charge is 0.235 e. The number of fused-ring (bicyclic) bond motifs is 1. The van der Waals surface area contributed by atoms with Crippen LogP contribution in [-0.2, 0) is 12.0 Å². The molecule has 0 saturated carbocycles. The summed E-state index contributed by atoms with van der Waals surface area (Å²) in [7, 11) is 0. The van der Waals surface area contributed by atoms with E-state index in [4.69, 9.17) is 18.3 Å². The number of hydrogen-bond acceptors (Lipinski definition) is 7. The number of carboxylic acids is 1. The highest BCUT2D eigenvalue weighted by Crippen LogP contribution is 2.36. The van der Waals surface area contributed by atoms with Crippen LogP contribution in [0.3, 0.4) is 0 Å². The lowest BCUT2D eigenvalue weighted by Gasteiger charge is -2.23. The molecule has 2 heterocycles. The number of aromatic carboxylic acids is 1. The molecular formula is C26H23O7-. The SMILES string of the molecule is Cc1cccc(C(C)(C)C)c1Oc1coc2cc(OCc3ccc(C(=O)[O-])o3)ccc2c1=O. The predicted octanol–water partition coefficient (Wildman–Crippen LogP) is 4.73. The van der Waals surface area contributed by atoms with Crippen molar-refractivity contribution in [3.63, 3.8) is 0 Å². The molecular weight excluding hydrogens is 424 g/mol. The van der Waals surface area contributed by atoms with Crippen molar-refractivity contribution in [1.82, 2.24) is 0 Å². The van der Waals surface area contributed by atoms with E-state index >= 15 is 0 Å². The van der Waals surface area contributed by atoms with Gasteiger partial charge in [-0.05, 0) is 42.2 Å². The molecule has 0 N–H and O–H groups in total. The first kappa shape index (κ1) is 22.2. The van der Waals surface area contributed by atoms with Gasteiger partial charge in [-0.15, -0.1) is 0 Å². The summed E-state index contributed by atoms with van der Waals surface area (Å²) in [5.41, 5.74) is 1.78. The molecule has 0 aliphatic carbocycles. The molecule has 0 amide bonds. The Hall–Kier alpha value is -4.00. The van der Waals surface area contributed by atoms with Crippen LogP contribution in [-0.4, -0.2) is 5.97 Å². The van der Waals surface area contributed by atoms with E-state index in [0.29, 0.717) is 28.2 Å². The van der Waals surface area contributed by atoms with E-state index in [-0.39, 0.29) is 29.0 Å². The summed E-state index contributed by atoms with van der Waals surface area (Å²) in [6.45, 7) is 8.20. The van der Waals surface area contributed by atoms with Crippen LogP contribution in [0.1, 0.15) is 48.2 Å². The zero-order valence-electron chi connectivity index (χ0n) is 18.8. The third-order valence-corrected chi connectivity index (χ3v) is 5.19.